The van der Waals surface area contributed by atoms with Gasteiger partial charge in [-0.2, -0.15) is 0 Å². The maximum Gasteiger partial charge on any atom is 0.239 e. The molecule has 0 aliphatic carbocycles. The Hall–Kier alpha value is -2.22. The SMILES string of the molecule is O=C([C@H]1C[C@@H](O)CN1)N1CCC(c2ccccc2)(c2cn3ccsc3n2)CC1. The summed E-state index contributed by atoms with van der Waals surface area (Å²) in [5.41, 5.74) is 2.18. The third kappa shape index (κ3) is 2.94. The maximum atomic E-state index is 12.9. The average Bonchev–Trinajstić information content (AvgIpc) is 3.44. The number of likely N-dealkylation sites (tertiary alicyclic amines) is 1. The van der Waals surface area contributed by atoms with Gasteiger partial charge in [-0.1, -0.05) is 30.3 Å². The molecule has 0 saturated carbocycles. The van der Waals surface area contributed by atoms with Crippen molar-refractivity contribution in [2.45, 2.75) is 36.8 Å². The summed E-state index contributed by atoms with van der Waals surface area (Å²) in [6.45, 7) is 1.91. The van der Waals surface area contributed by atoms with Crippen LogP contribution in [0.25, 0.3) is 4.96 Å². The van der Waals surface area contributed by atoms with Crippen LogP contribution < -0.4 is 5.32 Å². The van der Waals surface area contributed by atoms with E-state index in [2.05, 4.69) is 40.2 Å². The summed E-state index contributed by atoms with van der Waals surface area (Å²) >= 11 is 1.64. The van der Waals surface area contributed by atoms with E-state index in [1.54, 1.807) is 11.3 Å². The minimum absolute atomic E-state index is 0.115. The van der Waals surface area contributed by atoms with Gasteiger partial charge < -0.3 is 15.3 Å². The molecule has 2 atom stereocenters. The lowest BCUT2D eigenvalue weighted by Crippen LogP contribution is -2.50. The molecular formula is C21H24N4O2S. The predicted octanol–water partition coefficient (Wildman–Crippen LogP) is 2.03. The monoisotopic (exact) mass is 396 g/mol. The number of imidazole rings is 1. The summed E-state index contributed by atoms with van der Waals surface area (Å²) in [5, 5.41) is 14.9. The molecule has 2 N–H and O–H groups in total. The van der Waals surface area contributed by atoms with E-state index >= 15 is 0 Å². The molecule has 146 valence electrons. The fraction of sp³-hybridized carbons (Fsp3) is 0.429. The molecule has 2 aliphatic heterocycles. The number of carbonyl (C=O) groups is 1. The lowest BCUT2D eigenvalue weighted by Gasteiger charge is -2.42. The summed E-state index contributed by atoms with van der Waals surface area (Å²) in [4.78, 5) is 20.8. The molecule has 0 spiro atoms. The molecule has 6 nitrogen and oxygen atoms in total. The van der Waals surface area contributed by atoms with Crippen LogP contribution in [0.5, 0.6) is 0 Å². The molecule has 7 heteroatoms. The highest BCUT2D eigenvalue weighted by Gasteiger charge is 2.42. The van der Waals surface area contributed by atoms with E-state index in [-0.39, 0.29) is 17.4 Å². The molecule has 2 aliphatic rings. The van der Waals surface area contributed by atoms with Crippen molar-refractivity contribution in [1.82, 2.24) is 19.6 Å². The van der Waals surface area contributed by atoms with Crippen molar-refractivity contribution >= 4 is 22.2 Å². The number of nitrogens with zero attached hydrogens (tertiary/aromatic N) is 3. The highest BCUT2D eigenvalue weighted by Crippen LogP contribution is 2.41. The molecule has 28 heavy (non-hydrogen) atoms. The van der Waals surface area contributed by atoms with Gasteiger partial charge in [0.25, 0.3) is 0 Å². The molecule has 5 rings (SSSR count). The quantitative estimate of drug-likeness (QED) is 0.711. The number of aliphatic hydroxyl groups excluding tert-OH is 1. The van der Waals surface area contributed by atoms with Crippen molar-refractivity contribution in [1.29, 1.82) is 0 Å². The molecule has 3 aromatic rings. The summed E-state index contributed by atoms with van der Waals surface area (Å²) < 4.78 is 2.09. The fourth-order valence-corrected chi connectivity index (χ4v) is 5.34. The number of hydrogen-bond acceptors (Lipinski definition) is 5. The molecule has 2 aromatic heterocycles. The lowest BCUT2D eigenvalue weighted by molar-refractivity contribution is -0.134. The van der Waals surface area contributed by atoms with Gasteiger partial charge in [0, 0.05) is 42.8 Å². The number of aromatic nitrogens is 2. The Labute approximate surface area is 167 Å². The molecule has 0 radical (unpaired) electrons. The molecule has 1 amide bonds. The van der Waals surface area contributed by atoms with Crippen molar-refractivity contribution in [3.05, 3.63) is 59.4 Å². The number of aliphatic hydroxyl groups is 1. The lowest BCUT2D eigenvalue weighted by atomic mass is 9.70. The second-order valence-electron chi connectivity index (χ2n) is 7.84. The van der Waals surface area contributed by atoms with Gasteiger partial charge in [-0.05, 0) is 24.8 Å². The second-order valence-corrected chi connectivity index (χ2v) is 8.72. The van der Waals surface area contributed by atoms with Gasteiger partial charge in [-0.25, -0.2) is 4.98 Å². The van der Waals surface area contributed by atoms with E-state index in [0.29, 0.717) is 26.1 Å². The maximum absolute atomic E-state index is 12.9. The summed E-state index contributed by atoms with van der Waals surface area (Å²) in [6, 6.07) is 10.3. The molecule has 0 unspecified atom stereocenters. The first-order chi connectivity index (χ1) is 13.7. The first-order valence-corrected chi connectivity index (χ1v) is 10.7. The third-order valence-electron chi connectivity index (χ3n) is 6.24. The summed E-state index contributed by atoms with van der Waals surface area (Å²) in [7, 11) is 0. The van der Waals surface area contributed by atoms with Crippen LogP contribution in [0.15, 0.2) is 48.1 Å². The van der Waals surface area contributed by atoms with E-state index in [0.717, 1.165) is 23.5 Å². The minimum Gasteiger partial charge on any atom is -0.392 e. The van der Waals surface area contributed by atoms with E-state index in [1.165, 1.54) is 5.56 Å². The smallest absolute Gasteiger partial charge is 0.239 e. The van der Waals surface area contributed by atoms with Crippen molar-refractivity contribution in [2.75, 3.05) is 19.6 Å². The van der Waals surface area contributed by atoms with Crippen LogP contribution in [0.1, 0.15) is 30.5 Å². The summed E-state index contributed by atoms with van der Waals surface area (Å²) in [5.74, 6) is 0.115. The molecule has 2 saturated heterocycles. The molecule has 1 aromatic carbocycles. The number of piperidine rings is 1. The van der Waals surface area contributed by atoms with Crippen LogP contribution in [-0.2, 0) is 10.2 Å². The van der Waals surface area contributed by atoms with E-state index in [4.69, 9.17) is 4.98 Å². The second kappa shape index (κ2) is 6.99. The Bertz CT molecular complexity index is 946. The van der Waals surface area contributed by atoms with Gasteiger partial charge in [-0.3, -0.25) is 9.20 Å². The fourth-order valence-electron chi connectivity index (χ4n) is 4.64. The van der Waals surface area contributed by atoms with Crippen LogP contribution in [0.2, 0.25) is 0 Å². The Morgan fingerprint density at radius 1 is 1.25 bits per heavy atom. The van der Waals surface area contributed by atoms with Crippen LogP contribution in [0.4, 0.5) is 0 Å². The van der Waals surface area contributed by atoms with Crippen LogP contribution in [-0.4, -0.2) is 57.1 Å². The van der Waals surface area contributed by atoms with Crippen molar-refractivity contribution < 1.29 is 9.90 Å². The van der Waals surface area contributed by atoms with Crippen LogP contribution in [0.3, 0.4) is 0 Å². The topological polar surface area (TPSA) is 69.9 Å². The molecule has 2 fully saturated rings. The molecular weight excluding hydrogens is 372 g/mol. The van der Waals surface area contributed by atoms with E-state index in [1.807, 2.05) is 22.5 Å². The number of amides is 1. The zero-order valence-corrected chi connectivity index (χ0v) is 16.4. The van der Waals surface area contributed by atoms with Crippen molar-refractivity contribution in [2.24, 2.45) is 0 Å². The van der Waals surface area contributed by atoms with E-state index < -0.39 is 6.10 Å². The van der Waals surface area contributed by atoms with E-state index in [9.17, 15) is 9.90 Å². The summed E-state index contributed by atoms with van der Waals surface area (Å²) in [6.07, 6.45) is 5.99. The van der Waals surface area contributed by atoms with Crippen molar-refractivity contribution in [3.63, 3.8) is 0 Å². The number of thiazole rings is 1. The molecule has 0 bridgehead atoms. The first-order valence-electron chi connectivity index (χ1n) is 9.84. The van der Waals surface area contributed by atoms with Crippen LogP contribution >= 0.6 is 11.3 Å². The largest absolute Gasteiger partial charge is 0.392 e. The number of fused-ring (bicyclic) bond motifs is 1. The molecule has 4 heterocycles. The van der Waals surface area contributed by atoms with Gasteiger partial charge in [0.15, 0.2) is 4.96 Å². The Kier molecular flexibility index (Phi) is 4.45. The highest BCUT2D eigenvalue weighted by molar-refractivity contribution is 7.15. The Balaban J connectivity index is 1.43. The van der Waals surface area contributed by atoms with Gasteiger partial charge in [0.2, 0.25) is 5.91 Å². The normalized spacial score (nSPS) is 24.7. The third-order valence-corrected chi connectivity index (χ3v) is 7.02. The Morgan fingerprint density at radius 3 is 2.71 bits per heavy atom. The first kappa shape index (κ1) is 17.8. The highest BCUT2D eigenvalue weighted by atomic mass is 32.1. The van der Waals surface area contributed by atoms with Gasteiger partial charge in [0.05, 0.1) is 17.8 Å². The van der Waals surface area contributed by atoms with Gasteiger partial charge in [-0.15, -0.1) is 11.3 Å². The Morgan fingerprint density at radius 2 is 2.04 bits per heavy atom. The number of hydrogen-bond donors (Lipinski definition) is 2. The standard InChI is InChI=1S/C21H24N4O2S/c26-16-12-17(22-13-16)19(27)24-8-6-21(7-9-24,15-4-2-1-3-5-15)18-14-25-10-11-28-20(25)23-18/h1-5,10-11,14,16-17,22,26H,6-9,12-13H2/t16-,17-/m1/s1. The minimum atomic E-state index is -0.416. The predicted molar refractivity (Wildman–Crippen MR) is 109 cm³/mol. The average molecular weight is 397 g/mol. The zero-order chi connectivity index (χ0) is 19.1. The number of carbonyl (C=O) groups excluding carboxylic acids is 1. The van der Waals surface area contributed by atoms with Gasteiger partial charge in [0.1, 0.15) is 0 Å². The number of benzene rings is 1. The number of β-amino-alcohol motifs (C(OH)–C–C–N with tert-alkyl or cyclic N) is 1. The number of rotatable bonds is 3. The van der Waals surface area contributed by atoms with Gasteiger partial charge >= 0.3 is 0 Å². The van der Waals surface area contributed by atoms with Crippen LogP contribution in [0, 0.1) is 0 Å². The zero-order valence-electron chi connectivity index (χ0n) is 15.6. The number of nitrogens with one attached hydrogen (secondary N) is 1. The van der Waals surface area contributed by atoms with Crippen molar-refractivity contribution in [3.8, 4) is 0 Å².